The summed E-state index contributed by atoms with van der Waals surface area (Å²) in [5.74, 6) is 0.175. The molecule has 0 saturated carbocycles. The fraction of sp³-hybridized carbons (Fsp3) is 0.438. The quantitative estimate of drug-likeness (QED) is 0.807. The Balaban J connectivity index is 2.13. The molecule has 20 heavy (non-hydrogen) atoms. The number of hydrogen-bond donors (Lipinski definition) is 0. The highest BCUT2D eigenvalue weighted by Gasteiger charge is 2.23. The first kappa shape index (κ1) is 13.7. The van der Waals surface area contributed by atoms with Crippen LogP contribution in [0.5, 0.6) is 0 Å². The van der Waals surface area contributed by atoms with E-state index in [1.54, 1.807) is 0 Å². The van der Waals surface area contributed by atoms with E-state index >= 15 is 0 Å². The molecular formula is C16H19BrN2O. The van der Waals surface area contributed by atoms with Crippen molar-refractivity contribution in [2.45, 2.75) is 32.7 Å². The lowest BCUT2D eigenvalue weighted by molar-refractivity contribution is 0.0794. The molecule has 0 bridgehead atoms. The zero-order valence-electron chi connectivity index (χ0n) is 11.9. The van der Waals surface area contributed by atoms with E-state index in [1.165, 1.54) is 0 Å². The number of hydrogen-bond acceptors (Lipinski definition) is 1. The summed E-state index contributed by atoms with van der Waals surface area (Å²) in [6.45, 7) is 6.07. The third-order valence-corrected chi connectivity index (χ3v) is 4.47. The molecule has 1 aliphatic rings. The number of amides is 1. The number of carbonyl (C=O) groups excluding carboxylic acids is 1. The Hall–Kier alpha value is -1.29. The molecule has 1 aromatic heterocycles. The Labute approximate surface area is 127 Å². The topological polar surface area (TPSA) is 25.2 Å². The standard InChI is InChI=1S/C16H19BrN2O/c1-11(2)19-10-14(16(20)18-7-3-4-8-18)13-6-5-12(17)9-15(13)19/h5-6,9-11H,3-4,7-8H2,1-2H3. The van der Waals surface area contributed by atoms with Crippen LogP contribution in [0.2, 0.25) is 0 Å². The van der Waals surface area contributed by atoms with Crippen LogP contribution in [0.3, 0.4) is 0 Å². The predicted molar refractivity (Wildman–Crippen MR) is 85.2 cm³/mol. The highest BCUT2D eigenvalue weighted by molar-refractivity contribution is 9.10. The fourth-order valence-electron chi connectivity index (χ4n) is 2.91. The molecule has 0 atom stereocenters. The molecule has 0 aliphatic carbocycles. The minimum Gasteiger partial charge on any atom is -0.344 e. The average Bonchev–Trinajstić information content (AvgIpc) is 3.04. The first-order valence-electron chi connectivity index (χ1n) is 7.17. The van der Waals surface area contributed by atoms with Gasteiger partial charge in [0.1, 0.15) is 0 Å². The molecular weight excluding hydrogens is 316 g/mol. The lowest BCUT2D eigenvalue weighted by Crippen LogP contribution is -2.27. The highest BCUT2D eigenvalue weighted by Crippen LogP contribution is 2.29. The van der Waals surface area contributed by atoms with Gasteiger partial charge in [0, 0.05) is 35.2 Å². The first-order chi connectivity index (χ1) is 9.58. The molecule has 1 amide bonds. The Kier molecular flexibility index (Phi) is 3.59. The second-order valence-corrected chi connectivity index (χ2v) is 6.62. The van der Waals surface area contributed by atoms with E-state index in [9.17, 15) is 4.79 Å². The summed E-state index contributed by atoms with van der Waals surface area (Å²) in [4.78, 5) is 14.7. The van der Waals surface area contributed by atoms with E-state index in [2.05, 4.69) is 40.4 Å². The van der Waals surface area contributed by atoms with E-state index in [0.717, 1.165) is 46.9 Å². The van der Waals surface area contributed by atoms with Crippen molar-refractivity contribution in [3.8, 4) is 0 Å². The summed E-state index contributed by atoms with van der Waals surface area (Å²) in [5, 5.41) is 1.05. The van der Waals surface area contributed by atoms with Crippen molar-refractivity contribution in [1.29, 1.82) is 0 Å². The predicted octanol–water partition coefficient (Wildman–Crippen LogP) is 4.22. The van der Waals surface area contributed by atoms with Crippen LogP contribution in [0.1, 0.15) is 43.1 Å². The summed E-state index contributed by atoms with van der Waals surface area (Å²) in [5.41, 5.74) is 1.96. The third kappa shape index (κ3) is 2.26. The molecule has 1 aliphatic heterocycles. The first-order valence-corrected chi connectivity index (χ1v) is 7.96. The molecule has 3 rings (SSSR count). The van der Waals surface area contributed by atoms with Gasteiger partial charge in [0.25, 0.3) is 5.91 Å². The smallest absolute Gasteiger partial charge is 0.256 e. The Morgan fingerprint density at radius 3 is 2.60 bits per heavy atom. The Morgan fingerprint density at radius 1 is 1.25 bits per heavy atom. The highest BCUT2D eigenvalue weighted by atomic mass is 79.9. The van der Waals surface area contributed by atoms with Gasteiger partial charge in [-0.3, -0.25) is 4.79 Å². The Morgan fingerprint density at radius 2 is 1.95 bits per heavy atom. The van der Waals surface area contributed by atoms with Crippen molar-refractivity contribution >= 4 is 32.7 Å². The molecule has 4 heteroatoms. The molecule has 0 unspecified atom stereocenters. The maximum atomic E-state index is 12.7. The number of carbonyl (C=O) groups is 1. The lowest BCUT2D eigenvalue weighted by atomic mass is 10.1. The second-order valence-electron chi connectivity index (χ2n) is 5.70. The maximum Gasteiger partial charge on any atom is 0.256 e. The SMILES string of the molecule is CC(C)n1cc(C(=O)N2CCCC2)c2ccc(Br)cc21. The summed E-state index contributed by atoms with van der Waals surface area (Å²) in [6.07, 6.45) is 4.27. The van der Waals surface area contributed by atoms with Crippen molar-refractivity contribution in [2.24, 2.45) is 0 Å². The van der Waals surface area contributed by atoms with Gasteiger partial charge in [-0.2, -0.15) is 0 Å². The van der Waals surface area contributed by atoms with Crippen molar-refractivity contribution in [3.05, 3.63) is 34.4 Å². The summed E-state index contributed by atoms with van der Waals surface area (Å²) < 4.78 is 3.23. The van der Waals surface area contributed by atoms with Crippen molar-refractivity contribution < 1.29 is 4.79 Å². The van der Waals surface area contributed by atoms with Crippen LogP contribution in [0.15, 0.2) is 28.9 Å². The van der Waals surface area contributed by atoms with Gasteiger partial charge >= 0.3 is 0 Å². The number of aromatic nitrogens is 1. The van der Waals surface area contributed by atoms with Crippen molar-refractivity contribution in [2.75, 3.05) is 13.1 Å². The van der Waals surface area contributed by atoms with Crippen LogP contribution >= 0.6 is 15.9 Å². The van der Waals surface area contributed by atoms with E-state index < -0.39 is 0 Å². The van der Waals surface area contributed by atoms with Crippen LogP contribution < -0.4 is 0 Å². The number of halogens is 1. The van der Waals surface area contributed by atoms with Gasteiger partial charge < -0.3 is 9.47 Å². The average molecular weight is 335 g/mol. The van der Waals surface area contributed by atoms with Gasteiger partial charge in [0.2, 0.25) is 0 Å². The summed E-state index contributed by atoms with van der Waals surface area (Å²) >= 11 is 3.52. The van der Waals surface area contributed by atoms with Crippen LogP contribution in [-0.2, 0) is 0 Å². The van der Waals surface area contributed by atoms with E-state index in [1.807, 2.05) is 23.2 Å². The molecule has 1 fully saturated rings. The Bertz CT molecular complexity index is 654. The lowest BCUT2D eigenvalue weighted by Gasteiger charge is -2.14. The van der Waals surface area contributed by atoms with Crippen molar-refractivity contribution in [3.63, 3.8) is 0 Å². The summed E-state index contributed by atoms with van der Waals surface area (Å²) in [7, 11) is 0. The number of likely N-dealkylation sites (tertiary alicyclic amines) is 1. The molecule has 1 aromatic carbocycles. The van der Waals surface area contributed by atoms with Crippen molar-refractivity contribution in [1.82, 2.24) is 9.47 Å². The van der Waals surface area contributed by atoms with E-state index in [0.29, 0.717) is 6.04 Å². The number of fused-ring (bicyclic) bond motifs is 1. The minimum atomic E-state index is 0.175. The molecule has 2 aromatic rings. The zero-order chi connectivity index (χ0) is 14.3. The molecule has 0 spiro atoms. The van der Waals surface area contributed by atoms with E-state index in [4.69, 9.17) is 0 Å². The van der Waals surface area contributed by atoms with Gasteiger partial charge in [-0.15, -0.1) is 0 Å². The normalized spacial score (nSPS) is 15.5. The number of rotatable bonds is 2. The molecule has 106 valence electrons. The van der Waals surface area contributed by atoms with Gasteiger partial charge in [-0.1, -0.05) is 22.0 Å². The largest absolute Gasteiger partial charge is 0.344 e. The molecule has 3 nitrogen and oxygen atoms in total. The van der Waals surface area contributed by atoms with Gasteiger partial charge in [-0.25, -0.2) is 0 Å². The van der Waals surface area contributed by atoms with Gasteiger partial charge in [-0.05, 0) is 38.8 Å². The molecule has 0 N–H and O–H groups in total. The van der Waals surface area contributed by atoms with Crippen LogP contribution in [0.4, 0.5) is 0 Å². The molecule has 0 radical (unpaired) electrons. The molecule has 1 saturated heterocycles. The van der Waals surface area contributed by atoms with E-state index in [-0.39, 0.29) is 5.91 Å². The van der Waals surface area contributed by atoms with Crippen LogP contribution in [0, 0.1) is 0 Å². The fourth-order valence-corrected chi connectivity index (χ4v) is 3.26. The van der Waals surface area contributed by atoms with Gasteiger partial charge in [0.05, 0.1) is 11.1 Å². The number of nitrogens with zero attached hydrogens (tertiary/aromatic N) is 2. The third-order valence-electron chi connectivity index (χ3n) is 3.98. The monoisotopic (exact) mass is 334 g/mol. The maximum absolute atomic E-state index is 12.7. The van der Waals surface area contributed by atoms with Crippen LogP contribution in [-0.4, -0.2) is 28.5 Å². The van der Waals surface area contributed by atoms with Gasteiger partial charge in [0.15, 0.2) is 0 Å². The number of benzene rings is 1. The summed E-state index contributed by atoms with van der Waals surface area (Å²) in [6, 6.07) is 6.48. The minimum absolute atomic E-state index is 0.175. The van der Waals surface area contributed by atoms with Crippen LogP contribution in [0.25, 0.3) is 10.9 Å². The zero-order valence-corrected chi connectivity index (χ0v) is 13.5. The molecule has 2 heterocycles. The second kappa shape index (κ2) is 5.24.